The Morgan fingerprint density at radius 3 is 1.03 bits per heavy atom. The molecule has 0 bridgehead atoms. The van der Waals surface area contributed by atoms with Crippen LogP contribution in [0.5, 0.6) is 0 Å². The van der Waals surface area contributed by atoms with Crippen molar-refractivity contribution in [1.29, 1.82) is 0 Å². The third kappa shape index (κ3) is 25.1. The monoisotopic (exact) mass is 426 g/mol. The molecular weight excluding hydrogens is 388 g/mol. The average molecular weight is 427 g/mol. The van der Waals surface area contributed by atoms with Gasteiger partial charge in [0.1, 0.15) is 6.61 Å². The van der Waals surface area contributed by atoms with Gasteiger partial charge >= 0.3 is 5.97 Å². The van der Waals surface area contributed by atoms with E-state index in [2.05, 4.69) is 4.74 Å². The summed E-state index contributed by atoms with van der Waals surface area (Å²) in [6.07, 6.45) is 0. The van der Waals surface area contributed by atoms with Crippen LogP contribution in [0, 0.1) is 0 Å². The van der Waals surface area contributed by atoms with Gasteiger partial charge in [0.05, 0.1) is 99.6 Å². The van der Waals surface area contributed by atoms with Crippen LogP contribution in [0.4, 0.5) is 0 Å². The first kappa shape index (κ1) is 28.1. The number of hydrogen-bond acceptors (Lipinski definition) is 10. The van der Waals surface area contributed by atoms with E-state index in [0.717, 1.165) is 0 Å². The zero-order chi connectivity index (χ0) is 21.3. The van der Waals surface area contributed by atoms with Gasteiger partial charge < -0.3 is 42.6 Å². The highest BCUT2D eigenvalue weighted by molar-refractivity contribution is 5.70. The summed E-state index contributed by atoms with van der Waals surface area (Å²) in [6.45, 7) is 9.69. The molecule has 0 radical (unpaired) electrons. The molecule has 0 aliphatic carbocycles. The largest absolute Gasteiger partial charge is 0.467 e. The smallest absolute Gasteiger partial charge is 0.331 e. The topological polar surface area (TPSA) is 100 Å². The van der Waals surface area contributed by atoms with E-state index in [0.29, 0.717) is 99.1 Å². The number of carbonyl (C=O) groups is 1. The van der Waals surface area contributed by atoms with Crippen molar-refractivity contribution in [2.45, 2.75) is 6.92 Å². The maximum atomic E-state index is 10.8. The van der Waals surface area contributed by atoms with Gasteiger partial charge in [-0.05, 0) is 6.92 Å². The molecule has 0 N–H and O–H groups in total. The normalized spacial score (nSPS) is 11.1. The van der Waals surface area contributed by atoms with Crippen molar-refractivity contribution >= 4 is 5.97 Å². The predicted octanol–water partition coefficient (Wildman–Crippen LogP) is 0.312. The summed E-state index contributed by atoms with van der Waals surface area (Å²) >= 11 is 0. The molecule has 0 aliphatic rings. The third-order valence-corrected chi connectivity index (χ3v) is 3.26. The fourth-order valence-electron chi connectivity index (χ4n) is 1.80. The molecule has 10 nitrogen and oxygen atoms in total. The van der Waals surface area contributed by atoms with E-state index in [-0.39, 0.29) is 6.61 Å². The van der Waals surface area contributed by atoms with Crippen molar-refractivity contribution < 1.29 is 47.4 Å². The Morgan fingerprint density at radius 2 is 0.759 bits per heavy atom. The number of carbonyl (C=O) groups excluding carboxylic acids is 1. The molecule has 0 aromatic rings. The van der Waals surface area contributed by atoms with Crippen LogP contribution in [-0.4, -0.2) is 119 Å². The first-order valence-electron chi connectivity index (χ1n) is 10.00. The summed E-state index contributed by atoms with van der Waals surface area (Å²) in [6, 6.07) is 0. The van der Waals surface area contributed by atoms with Crippen LogP contribution in [0.3, 0.4) is 0 Å². The number of esters is 1. The van der Waals surface area contributed by atoms with Gasteiger partial charge in [0.15, 0.2) is 0 Å². The van der Waals surface area contributed by atoms with E-state index < -0.39 is 5.97 Å². The molecule has 0 saturated heterocycles. The van der Waals surface area contributed by atoms with E-state index >= 15 is 0 Å². The number of ether oxygens (including phenoxy) is 9. The van der Waals surface area contributed by atoms with Gasteiger partial charge in [-0.2, -0.15) is 0 Å². The summed E-state index contributed by atoms with van der Waals surface area (Å²) in [7, 11) is 1.32. The zero-order valence-electron chi connectivity index (χ0n) is 17.9. The van der Waals surface area contributed by atoms with Crippen molar-refractivity contribution in [1.82, 2.24) is 0 Å². The van der Waals surface area contributed by atoms with Crippen molar-refractivity contribution in [2.24, 2.45) is 0 Å². The Labute approximate surface area is 173 Å². The molecule has 0 fully saturated rings. The molecule has 0 aromatic heterocycles. The summed E-state index contributed by atoms with van der Waals surface area (Å²) in [5.41, 5.74) is 0. The van der Waals surface area contributed by atoms with E-state index in [1.54, 1.807) is 0 Å². The van der Waals surface area contributed by atoms with E-state index in [1.807, 2.05) is 6.92 Å². The van der Waals surface area contributed by atoms with Crippen LogP contribution in [-0.2, 0) is 47.4 Å². The van der Waals surface area contributed by atoms with Gasteiger partial charge in [0.2, 0.25) is 0 Å². The van der Waals surface area contributed by atoms with E-state index in [9.17, 15) is 4.79 Å². The van der Waals surface area contributed by atoms with Gasteiger partial charge in [-0.1, -0.05) is 0 Å². The Morgan fingerprint density at radius 1 is 0.483 bits per heavy atom. The highest BCUT2D eigenvalue weighted by Crippen LogP contribution is 1.86. The summed E-state index contributed by atoms with van der Waals surface area (Å²) in [4.78, 5) is 10.8. The Balaban J connectivity index is 3.01. The van der Waals surface area contributed by atoms with E-state index in [1.165, 1.54) is 7.11 Å². The summed E-state index contributed by atoms with van der Waals surface area (Å²) in [5, 5.41) is 0. The van der Waals surface area contributed by atoms with Gasteiger partial charge in [-0.3, -0.25) is 0 Å². The van der Waals surface area contributed by atoms with Gasteiger partial charge in [-0.25, -0.2) is 4.79 Å². The van der Waals surface area contributed by atoms with Crippen LogP contribution in [0.25, 0.3) is 0 Å². The second-order valence-electron chi connectivity index (χ2n) is 5.50. The number of hydrogen-bond donors (Lipinski definition) is 0. The van der Waals surface area contributed by atoms with E-state index in [4.69, 9.17) is 37.9 Å². The van der Waals surface area contributed by atoms with Gasteiger partial charge in [0, 0.05) is 6.61 Å². The minimum absolute atomic E-state index is 0.0607. The highest BCUT2D eigenvalue weighted by Gasteiger charge is 1.99. The maximum absolute atomic E-state index is 10.8. The van der Waals surface area contributed by atoms with Crippen LogP contribution in [0.2, 0.25) is 0 Å². The van der Waals surface area contributed by atoms with Crippen molar-refractivity contribution in [3.63, 3.8) is 0 Å². The van der Waals surface area contributed by atoms with Crippen molar-refractivity contribution in [2.75, 3.05) is 113 Å². The lowest BCUT2D eigenvalue weighted by molar-refractivity contribution is -0.146. The minimum atomic E-state index is -0.401. The molecule has 0 amide bonds. The second kappa shape index (κ2) is 25.2. The standard InChI is InChI=1S/C19H38O10/c1-3-22-4-5-23-6-7-24-8-9-25-10-11-26-12-13-27-14-15-28-16-17-29-18-19(20)21-2/h3-18H2,1-2H3. The van der Waals surface area contributed by atoms with Gasteiger partial charge in [0.25, 0.3) is 0 Å². The summed E-state index contributed by atoms with van der Waals surface area (Å²) in [5.74, 6) is -0.401. The Kier molecular flexibility index (Phi) is 24.4. The molecule has 0 spiro atoms. The fraction of sp³-hybridized carbons (Fsp3) is 0.947. The molecule has 0 aliphatic heterocycles. The van der Waals surface area contributed by atoms with Gasteiger partial charge in [-0.15, -0.1) is 0 Å². The average Bonchev–Trinajstić information content (AvgIpc) is 2.74. The molecule has 0 saturated carbocycles. The lowest BCUT2D eigenvalue weighted by atomic mass is 10.6. The predicted molar refractivity (Wildman–Crippen MR) is 104 cm³/mol. The lowest BCUT2D eigenvalue weighted by Crippen LogP contribution is -2.16. The maximum Gasteiger partial charge on any atom is 0.331 e. The van der Waals surface area contributed by atoms with Crippen molar-refractivity contribution in [3.05, 3.63) is 0 Å². The Hall–Kier alpha value is -0.850. The zero-order valence-corrected chi connectivity index (χ0v) is 17.9. The highest BCUT2D eigenvalue weighted by atomic mass is 16.6. The molecule has 29 heavy (non-hydrogen) atoms. The lowest BCUT2D eigenvalue weighted by Gasteiger charge is -2.08. The molecule has 10 heteroatoms. The quantitative estimate of drug-likeness (QED) is 0.158. The number of methoxy groups -OCH3 is 1. The molecule has 0 heterocycles. The molecule has 0 unspecified atom stereocenters. The Bertz CT molecular complexity index is 330. The molecule has 0 atom stereocenters. The first-order chi connectivity index (χ1) is 14.3. The minimum Gasteiger partial charge on any atom is -0.467 e. The molecule has 0 aromatic carbocycles. The molecular formula is C19H38O10. The van der Waals surface area contributed by atoms with Crippen molar-refractivity contribution in [3.8, 4) is 0 Å². The molecule has 174 valence electrons. The third-order valence-electron chi connectivity index (χ3n) is 3.26. The van der Waals surface area contributed by atoms with Crippen LogP contribution >= 0.6 is 0 Å². The van der Waals surface area contributed by atoms with Crippen LogP contribution in [0.15, 0.2) is 0 Å². The SMILES string of the molecule is CCOCCOCCOCCOCCOCCOCCOCCOCC(=O)OC. The van der Waals surface area contributed by atoms with Crippen LogP contribution in [0.1, 0.15) is 6.92 Å². The fourth-order valence-corrected chi connectivity index (χ4v) is 1.80. The summed E-state index contributed by atoms with van der Waals surface area (Å²) < 4.78 is 46.8. The van der Waals surface area contributed by atoms with Crippen LogP contribution < -0.4 is 0 Å². The number of rotatable bonds is 24. The second-order valence-corrected chi connectivity index (χ2v) is 5.50. The first-order valence-corrected chi connectivity index (χ1v) is 10.00. The molecule has 0 rings (SSSR count).